The van der Waals surface area contributed by atoms with Crippen molar-refractivity contribution in [2.45, 2.75) is 30.5 Å². The Morgan fingerprint density at radius 3 is 2.87 bits per heavy atom. The van der Waals surface area contributed by atoms with Crippen molar-refractivity contribution in [1.29, 1.82) is 0 Å². The van der Waals surface area contributed by atoms with Gasteiger partial charge in [0, 0.05) is 35.4 Å². The molecule has 2 unspecified atom stereocenters. The van der Waals surface area contributed by atoms with Gasteiger partial charge in [-0.25, -0.2) is 0 Å². The van der Waals surface area contributed by atoms with Crippen LogP contribution in [-0.4, -0.2) is 27.5 Å². The zero-order chi connectivity index (χ0) is 16.8. The summed E-state index contributed by atoms with van der Waals surface area (Å²) in [5.41, 5.74) is 0. The Morgan fingerprint density at radius 1 is 1.39 bits per heavy atom. The molecule has 1 heterocycles. The van der Waals surface area contributed by atoms with Gasteiger partial charge in [0.2, 0.25) is 5.91 Å². The molecule has 0 fully saturated rings. The minimum Gasteiger partial charge on any atom is -0.355 e. The lowest BCUT2D eigenvalue weighted by atomic mass is 10.2. The number of nitrogens with one attached hydrogen (secondary N) is 1. The molecule has 2 rings (SSSR count). The Kier molecular flexibility index (Phi) is 6.81. The first kappa shape index (κ1) is 18.2. The van der Waals surface area contributed by atoms with Crippen LogP contribution < -0.4 is 5.32 Å². The van der Waals surface area contributed by atoms with E-state index in [0.29, 0.717) is 22.5 Å². The number of nitrogens with zero attached hydrogens (tertiary/aromatic N) is 2. The molecule has 0 spiro atoms. The van der Waals surface area contributed by atoms with E-state index >= 15 is 0 Å². The standard InChI is InChI=1S/C16H19Cl2N3OS/c1-11(10-21-7-3-6-20-21)9-19-16(22)12(2)23-15-8-13(17)4-5-14(15)18/h3-8,11-12H,9-10H2,1-2H3,(H,19,22). The van der Waals surface area contributed by atoms with Gasteiger partial charge >= 0.3 is 0 Å². The molecule has 23 heavy (non-hydrogen) atoms. The Hall–Kier alpha value is -1.17. The normalized spacial score (nSPS) is 13.6. The molecule has 0 saturated heterocycles. The van der Waals surface area contributed by atoms with Gasteiger partial charge in [0.05, 0.1) is 10.3 Å². The molecule has 1 aromatic heterocycles. The monoisotopic (exact) mass is 371 g/mol. The van der Waals surface area contributed by atoms with Gasteiger partial charge < -0.3 is 5.32 Å². The van der Waals surface area contributed by atoms with Crippen LogP contribution >= 0.6 is 35.0 Å². The van der Waals surface area contributed by atoms with E-state index in [1.165, 1.54) is 11.8 Å². The molecule has 1 N–H and O–H groups in total. The van der Waals surface area contributed by atoms with E-state index in [-0.39, 0.29) is 11.2 Å². The fourth-order valence-corrected chi connectivity index (χ4v) is 3.46. The summed E-state index contributed by atoms with van der Waals surface area (Å²) in [5.74, 6) is 0.282. The highest BCUT2D eigenvalue weighted by molar-refractivity contribution is 8.00. The number of amides is 1. The minimum absolute atomic E-state index is 0.0154. The van der Waals surface area contributed by atoms with Crippen LogP contribution in [0.4, 0.5) is 0 Å². The van der Waals surface area contributed by atoms with Crippen molar-refractivity contribution >= 4 is 40.9 Å². The molecule has 1 amide bonds. The maximum atomic E-state index is 12.2. The van der Waals surface area contributed by atoms with Gasteiger partial charge in [-0.2, -0.15) is 5.10 Å². The number of benzene rings is 1. The topological polar surface area (TPSA) is 46.9 Å². The van der Waals surface area contributed by atoms with Gasteiger partial charge in [0.15, 0.2) is 0 Å². The highest BCUT2D eigenvalue weighted by Gasteiger charge is 2.17. The molecule has 2 atom stereocenters. The molecule has 4 nitrogen and oxygen atoms in total. The third kappa shape index (κ3) is 5.75. The van der Waals surface area contributed by atoms with Crippen molar-refractivity contribution in [3.8, 4) is 0 Å². The van der Waals surface area contributed by atoms with Crippen molar-refractivity contribution in [2.75, 3.05) is 6.54 Å². The smallest absolute Gasteiger partial charge is 0.233 e. The Balaban J connectivity index is 1.81. The fraction of sp³-hybridized carbons (Fsp3) is 0.375. The van der Waals surface area contributed by atoms with Crippen molar-refractivity contribution in [3.05, 3.63) is 46.7 Å². The van der Waals surface area contributed by atoms with Crippen molar-refractivity contribution in [1.82, 2.24) is 15.1 Å². The first-order valence-corrected chi connectivity index (χ1v) is 8.96. The van der Waals surface area contributed by atoms with E-state index in [9.17, 15) is 4.79 Å². The van der Waals surface area contributed by atoms with Crippen LogP contribution in [0.2, 0.25) is 10.0 Å². The van der Waals surface area contributed by atoms with Gasteiger partial charge in [0.25, 0.3) is 0 Å². The molecule has 124 valence electrons. The molecule has 0 saturated carbocycles. The molecule has 1 aromatic carbocycles. The molecule has 0 radical (unpaired) electrons. The predicted octanol–water partition coefficient (Wildman–Crippen LogP) is 4.12. The molecule has 2 aromatic rings. The van der Waals surface area contributed by atoms with Crippen LogP contribution in [0.15, 0.2) is 41.6 Å². The molecular weight excluding hydrogens is 353 g/mol. The van der Waals surface area contributed by atoms with Gasteiger partial charge in [-0.3, -0.25) is 9.48 Å². The number of carbonyl (C=O) groups excluding carboxylic acids is 1. The van der Waals surface area contributed by atoms with Crippen LogP contribution in [0.25, 0.3) is 0 Å². The zero-order valence-electron chi connectivity index (χ0n) is 13.0. The van der Waals surface area contributed by atoms with Gasteiger partial charge in [0.1, 0.15) is 0 Å². The summed E-state index contributed by atoms with van der Waals surface area (Å²) < 4.78 is 1.86. The summed E-state index contributed by atoms with van der Waals surface area (Å²) in [7, 11) is 0. The molecule has 7 heteroatoms. The molecular formula is C16H19Cl2N3OS. The summed E-state index contributed by atoms with van der Waals surface area (Å²) in [6, 6.07) is 7.13. The van der Waals surface area contributed by atoms with Crippen molar-refractivity contribution in [3.63, 3.8) is 0 Å². The average Bonchev–Trinajstić information content (AvgIpc) is 3.01. The number of hydrogen-bond donors (Lipinski definition) is 1. The van der Waals surface area contributed by atoms with E-state index in [0.717, 1.165) is 11.4 Å². The lowest BCUT2D eigenvalue weighted by molar-refractivity contribution is -0.120. The molecule has 0 aliphatic heterocycles. The Morgan fingerprint density at radius 2 is 2.17 bits per heavy atom. The zero-order valence-corrected chi connectivity index (χ0v) is 15.3. The maximum absolute atomic E-state index is 12.2. The second-order valence-electron chi connectivity index (χ2n) is 5.41. The SMILES string of the molecule is CC(CNC(=O)C(C)Sc1cc(Cl)ccc1Cl)Cn1cccn1. The summed E-state index contributed by atoms with van der Waals surface area (Å²) in [6.07, 6.45) is 3.66. The number of halogens is 2. The van der Waals surface area contributed by atoms with E-state index in [4.69, 9.17) is 23.2 Å². The van der Waals surface area contributed by atoms with E-state index < -0.39 is 0 Å². The predicted molar refractivity (Wildman–Crippen MR) is 96.2 cm³/mol. The summed E-state index contributed by atoms with van der Waals surface area (Å²) in [5, 5.41) is 8.10. The lowest BCUT2D eigenvalue weighted by Crippen LogP contribution is -2.35. The first-order chi connectivity index (χ1) is 11.0. The molecule has 0 aliphatic carbocycles. The fourth-order valence-electron chi connectivity index (χ4n) is 2.02. The van der Waals surface area contributed by atoms with Crippen LogP contribution in [0.1, 0.15) is 13.8 Å². The van der Waals surface area contributed by atoms with Crippen LogP contribution in [0.3, 0.4) is 0 Å². The van der Waals surface area contributed by atoms with Crippen LogP contribution in [-0.2, 0) is 11.3 Å². The van der Waals surface area contributed by atoms with Crippen molar-refractivity contribution < 1.29 is 4.79 Å². The number of thioether (sulfide) groups is 1. The number of rotatable bonds is 7. The first-order valence-electron chi connectivity index (χ1n) is 7.32. The van der Waals surface area contributed by atoms with E-state index in [1.54, 1.807) is 24.4 Å². The number of aromatic nitrogens is 2. The summed E-state index contributed by atoms with van der Waals surface area (Å²) >= 11 is 13.5. The number of carbonyl (C=O) groups is 1. The summed E-state index contributed by atoms with van der Waals surface area (Å²) in [4.78, 5) is 13.0. The van der Waals surface area contributed by atoms with Crippen molar-refractivity contribution in [2.24, 2.45) is 5.92 Å². The summed E-state index contributed by atoms with van der Waals surface area (Å²) in [6.45, 7) is 5.31. The van der Waals surface area contributed by atoms with Gasteiger partial charge in [-0.15, -0.1) is 11.8 Å². The maximum Gasteiger partial charge on any atom is 0.233 e. The van der Waals surface area contributed by atoms with Crippen LogP contribution in [0.5, 0.6) is 0 Å². The third-order valence-corrected chi connectivity index (χ3v) is 5.08. The highest BCUT2D eigenvalue weighted by Crippen LogP contribution is 2.32. The molecule has 0 aliphatic rings. The van der Waals surface area contributed by atoms with E-state index in [1.807, 2.05) is 23.9 Å². The lowest BCUT2D eigenvalue weighted by Gasteiger charge is -2.16. The Bertz CT molecular complexity index is 649. The average molecular weight is 372 g/mol. The van der Waals surface area contributed by atoms with Gasteiger partial charge in [-0.05, 0) is 37.1 Å². The second-order valence-corrected chi connectivity index (χ2v) is 7.64. The highest BCUT2D eigenvalue weighted by atomic mass is 35.5. The quantitative estimate of drug-likeness (QED) is 0.744. The third-order valence-electron chi connectivity index (χ3n) is 3.25. The molecule has 0 bridgehead atoms. The van der Waals surface area contributed by atoms with Gasteiger partial charge in [-0.1, -0.05) is 30.1 Å². The van der Waals surface area contributed by atoms with Crippen LogP contribution in [0, 0.1) is 5.92 Å². The number of hydrogen-bond acceptors (Lipinski definition) is 3. The largest absolute Gasteiger partial charge is 0.355 e. The Labute approximate surface area is 150 Å². The van der Waals surface area contributed by atoms with E-state index in [2.05, 4.69) is 17.3 Å². The minimum atomic E-state index is -0.247. The second kappa shape index (κ2) is 8.62.